The third kappa shape index (κ3) is 3.70. The summed E-state index contributed by atoms with van der Waals surface area (Å²) in [7, 11) is 1.77. The van der Waals surface area contributed by atoms with Crippen molar-refractivity contribution in [2.45, 2.75) is 64.9 Å². The van der Waals surface area contributed by atoms with Crippen LogP contribution in [-0.2, 0) is 16.8 Å². The normalized spacial score (nSPS) is 20.5. The highest BCUT2D eigenvalue weighted by molar-refractivity contribution is 14.1. The molecule has 0 saturated heterocycles. The predicted molar refractivity (Wildman–Crippen MR) is 94.7 cm³/mol. The molecule has 1 heterocycles. The Labute approximate surface area is 146 Å². The molecule has 118 valence electrons. The topological polar surface area (TPSA) is 35.0 Å². The van der Waals surface area contributed by atoms with E-state index in [0.717, 1.165) is 53.6 Å². The van der Waals surface area contributed by atoms with Crippen LogP contribution in [0.15, 0.2) is 0 Å². The third-order valence-electron chi connectivity index (χ3n) is 4.58. The monoisotopic (exact) mass is 422 g/mol. The molecule has 1 aromatic heterocycles. The van der Waals surface area contributed by atoms with Gasteiger partial charge in [-0.05, 0) is 60.1 Å². The van der Waals surface area contributed by atoms with E-state index in [1.807, 2.05) is 0 Å². The van der Waals surface area contributed by atoms with Crippen molar-refractivity contribution in [2.75, 3.05) is 7.11 Å². The van der Waals surface area contributed by atoms with E-state index in [0.29, 0.717) is 10.6 Å². The number of halogens is 2. The second-order valence-corrected chi connectivity index (χ2v) is 8.15. The van der Waals surface area contributed by atoms with E-state index in [9.17, 15) is 0 Å². The first-order valence-electron chi connectivity index (χ1n) is 7.61. The van der Waals surface area contributed by atoms with Gasteiger partial charge >= 0.3 is 0 Å². The van der Waals surface area contributed by atoms with Crippen LogP contribution in [0.1, 0.15) is 64.4 Å². The van der Waals surface area contributed by atoms with Crippen LogP contribution in [0.25, 0.3) is 0 Å². The Morgan fingerprint density at radius 2 is 1.81 bits per heavy atom. The number of nitrogens with zero attached hydrogens (tertiary/aromatic N) is 2. The molecular formula is C16H24ClIN2O. The summed E-state index contributed by atoms with van der Waals surface area (Å²) in [4.78, 5) is 9.36. The molecule has 1 aliphatic carbocycles. The van der Waals surface area contributed by atoms with Crippen LogP contribution in [0.3, 0.4) is 0 Å². The average Bonchev–Trinajstić information content (AvgIpc) is 2.44. The van der Waals surface area contributed by atoms with Gasteiger partial charge in [0.1, 0.15) is 10.8 Å². The lowest BCUT2D eigenvalue weighted by Gasteiger charge is -2.41. The predicted octanol–water partition coefficient (Wildman–Crippen LogP) is 5.13. The SMILES string of the molecule is CCCc1nc(C2(OC)CCC(C)(C)CC2)nc(Cl)c1I. The van der Waals surface area contributed by atoms with Crippen molar-refractivity contribution in [2.24, 2.45) is 5.41 Å². The van der Waals surface area contributed by atoms with Crippen molar-refractivity contribution in [1.82, 2.24) is 9.97 Å². The summed E-state index contributed by atoms with van der Waals surface area (Å²) in [5.41, 5.74) is 1.06. The zero-order chi connectivity index (χ0) is 15.7. The van der Waals surface area contributed by atoms with Crippen molar-refractivity contribution in [1.29, 1.82) is 0 Å². The standard InChI is InChI=1S/C16H24ClIN2O/c1-5-6-11-12(18)13(17)20-14(19-11)16(21-4)9-7-15(2,3)8-10-16/h5-10H2,1-4H3. The molecule has 0 N–H and O–H groups in total. The second kappa shape index (κ2) is 6.67. The first-order chi connectivity index (χ1) is 9.83. The lowest BCUT2D eigenvalue weighted by atomic mass is 9.70. The van der Waals surface area contributed by atoms with Gasteiger partial charge in [0.15, 0.2) is 5.82 Å². The highest BCUT2D eigenvalue weighted by Gasteiger charge is 2.42. The molecule has 0 amide bonds. The van der Waals surface area contributed by atoms with Gasteiger partial charge in [-0.1, -0.05) is 38.8 Å². The zero-order valence-electron chi connectivity index (χ0n) is 13.3. The van der Waals surface area contributed by atoms with Gasteiger partial charge in [0, 0.05) is 7.11 Å². The fourth-order valence-corrected chi connectivity index (χ4v) is 3.62. The molecule has 21 heavy (non-hydrogen) atoms. The van der Waals surface area contributed by atoms with Crippen molar-refractivity contribution >= 4 is 34.2 Å². The minimum atomic E-state index is -0.369. The van der Waals surface area contributed by atoms with E-state index in [-0.39, 0.29) is 5.60 Å². The van der Waals surface area contributed by atoms with Gasteiger partial charge in [0.2, 0.25) is 0 Å². The van der Waals surface area contributed by atoms with Gasteiger partial charge in [0.05, 0.1) is 9.26 Å². The molecular weight excluding hydrogens is 399 g/mol. The Kier molecular flexibility index (Phi) is 5.53. The summed E-state index contributed by atoms with van der Waals surface area (Å²) in [6.45, 7) is 6.79. The van der Waals surface area contributed by atoms with E-state index in [4.69, 9.17) is 21.3 Å². The summed E-state index contributed by atoms with van der Waals surface area (Å²) < 4.78 is 6.87. The second-order valence-electron chi connectivity index (χ2n) is 6.71. The molecule has 1 aliphatic rings. The lowest BCUT2D eigenvalue weighted by Crippen LogP contribution is -2.38. The van der Waals surface area contributed by atoms with Crippen LogP contribution in [-0.4, -0.2) is 17.1 Å². The molecule has 0 atom stereocenters. The number of hydrogen-bond acceptors (Lipinski definition) is 3. The molecule has 1 fully saturated rings. The molecule has 1 aromatic rings. The van der Waals surface area contributed by atoms with Crippen LogP contribution in [0.2, 0.25) is 5.15 Å². The molecule has 2 rings (SSSR count). The van der Waals surface area contributed by atoms with Gasteiger partial charge < -0.3 is 4.74 Å². The zero-order valence-corrected chi connectivity index (χ0v) is 16.2. The summed E-state index contributed by atoms with van der Waals surface area (Å²) in [5, 5.41) is 0.560. The Bertz CT molecular complexity index is 509. The molecule has 3 nitrogen and oxygen atoms in total. The van der Waals surface area contributed by atoms with E-state index >= 15 is 0 Å². The van der Waals surface area contributed by atoms with Gasteiger partial charge in [-0.25, -0.2) is 9.97 Å². The first kappa shape index (κ1) is 17.4. The number of rotatable bonds is 4. The number of aromatic nitrogens is 2. The number of ether oxygens (including phenoxy) is 1. The summed E-state index contributed by atoms with van der Waals surface area (Å²) in [5.74, 6) is 0.773. The maximum absolute atomic E-state index is 6.33. The van der Waals surface area contributed by atoms with Crippen LogP contribution < -0.4 is 0 Å². The van der Waals surface area contributed by atoms with Gasteiger partial charge in [0.25, 0.3) is 0 Å². The maximum Gasteiger partial charge on any atom is 0.162 e. The minimum absolute atomic E-state index is 0.369. The van der Waals surface area contributed by atoms with E-state index in [1.54, 1.807) is 7.11 Å². The Hall–Kier alpha value is 0.0600. The molecule has 0 unspecified atom stereocenters. The lowest BCUT2D eigenvalue weighted by molar-refractivity contribution is -0.0730. The van der Waals surface area contributed by atoms with Crippen LogP contribution in [0.4, 0.5) is 0 Å². The van der Waals surface area contributed by atoms with Crippen LogP contribution in [0, 0.1) is 8.99 Å². The molecule has 0 bridgehead atoms. The van der Waals surface area contributed by atoms with Crippen molar-refractivity contribution in [3.8, 4) is 0 Å². The quantitative estimate of drug-likeness (QED) is 0.498. The Balaban J connectivity index is 2.39. The summed E-state index contributed by atoms with van der Waals surface area (Å²) >= 11 is 8.58. The van der Waals surface area contributed by atoms with Crippen molar-refractivity contribution in [3.05, 3.63) is 20.2 Å². The van der Waals surface area contributed by atoms with Crippen molar-refractivity contribution < 1.29 is 4.74 Å². The number of aryl methyl sites for hydroxylation is 1. The number of methoxy groups -OCH3 is 1. The van der Waals surface area contributed by atoms with Gasteiger partial charge in [-0.2, -0.15) is 0 Å². The van der Waals surface area contributed by atoms with E-state index in [2.05, 4.69) is 48.3 Å². The summed E-state index contributed by atoms with van der Waals surface area (Å²) in [6.07, 6.45) is 6.14. The average molecular weight is 423 g/mol. The minimum Gasteiger partial charge on any atom is -0.370 e. The maximum atomic E-state index is 6.33. The largest absolute Gasteiger partial charge is 0.370 e. The highest BCUT2D eigenvalue weighted by Crippen LogP contribution is 2.46. The third-order valence-corrected chi connectivity index (χ3v) is 6.30. The fraction of sp³-hybridized carbons (Fsp3) is 0.750. The summed E-state index contributed by atoms with van der Waals surface area (Å²) in [6, 6.07) is 0. The highest BCUT2D eigenvalue weighted by atomic mass is 127. The van der Waals surface area contributed by atoms with Gasteiger partial charge in [-0.3, -0.25) is 0 Å². The molecule has 5 heteroatoms. The van der Waals surface area contributed by atoms with E-state index < -0.39 is 0 Å². The Morgan fingerprint density at radius 3 is 2.33 bits per heavy atom. The molecule has 0 aromatic carbocycles. The molecule has 0 radical (unpaired) electrons. The number of hydrogen-bond donors (Lipinski definition) is 0. The van der Waals surface area contributed by atoms with Crippen molar-refractivity contribution in [3.63, 3.8) is 0 Å². The smallest absolute Gasteiger partial charge is 0.162 e. The van der Waals surface area contributed by atoms with Crippen LogP contribution >= 0.6 is 34.2 Å². The Morgan fingerprint density at radius 1 is 1.19 bits per heavy atom. The van der Waals surface area contributed by atoms with Crippen LogP contribution in [0.5, 0.6) is 0 Å². The fourth-order valence-electron chi connectivity index (χ4n) is 2.92. The molecule has 0 aliphatic heterocycles. The molecule has 1 saturated carbocycles. The molecule has 0 spiro atoms. The first-order valence-corrected chi connectivity index (χ1v) is 9.07. The van der Waals surface area contributed by atoms with E-state index in [1.165, 1.54) is 0 Å². The van der Waals surface area contributed by atoms with Gasteiger partial charge in [-0.15, -0.1) is 0 Å².